The Morgan fingerprint density at radius 3 is 2.94 bits per heavy atom. The fourth-order valence-electron chi connectivity index (χ4n) is 2.45. The zero-order valence-corrected chi connectivity index (χ0v) is 9.78. The number of aromatic nitrogens is 2. The fourth-order valence-corrected chi connectivity index (χ4v) is 2.45. The van der Waals surface area contributed by atoms with Gasteiger partial charge in [-0.1, -0.05) is 6.42 Å². The number of rotatable bonds is 4. The normalized spacial score (nSPS) is 16.1. The molecule has 1 saturated carbocycles. The van der Waals surface area contributed by atoms with Crippen molar-refractivity contribution in [3.63, 3.8) is 0 Å². The van der Waals surface area contributed by atoms with Gasteiger partial charge in [-0.25, -0.2) is 0 Å². The van der Waals surface area contributed by atoms with E-state index in [0.717, 1.165) is 17.7 Å². The van der Waals surface area contributed by atoms with Crippen molar-refractivity contribution < 1.29 is 4.42 Å². The summed E-state index contributed by atoms with van der Waals surface area (Å²) in [6, 6.07) is 1.95. The molecule has 0 aliphatic heterocycles. The van der Waals surface area contributed by atoms with Crippen molar-refractivity contribution >= 4 is 0 Å². The predicted molar refractivity (Wildman–Crippen MR) is 65.6 cm³/mol. The average molecular weight is 231 g/mol. The van der Waals surface area contributed by atoms with E-state index < -0.39 is 0 Å². The number of furan rings is 1. The zero-order chi connectivity index (χ0) is 11.7. The molecule has 0 bridgehead atoms. The third-order valence-corrected chi connectivity index (χ3v) is 3.60. The maximum atomic E-state index is 5.71. The first-order valence-corrected chi connectivity index (χ1v) is 6.20. The summed E-state index contributed by atoms with van der Waals surface area (Å²) in [5.74, 6) is 0.657. The van der Waals surface area contributed by atoms with E-state index in [2.05, 4.69) is 10.2 Å². The second-order valence-corrected chi connectivity index (χ2v) is 4.64. The summed E-state index contributed by atoms with van der Waals surface area (Å²) in [5, 5.41) is 7.64. The first-order chi connectivity index (χ1) is 8.40. The highest BCUT2D eigenvalue weighted by molar-refractivity contribution is 5.63. The first-order valence-electron chi connectivity index (χ1n) is 6.20. The lowest BCUT2D eigenvalue weighted by molar-refractivity contribution is 0.408. The molecule has 3 N–H and O–H groups in total. The van der Waals surface area contributed by atoms with Crippen LogP contribution in [0.4, 0.5) is 0 Å². The van der Waals surface area contributed by atoms with Gasteiger partial charge >= 0.3 is 0 Å². The Morgan fingerprint density at radius 2 is 2.35 bits per heavy atom. The molecule has 0 aromatic carbocycles. The van der Waals surface area contributed by atoms with Gasteiger partial charge in [0.2, 0.25) is 0 Å². The predicted octanol–water partition coefficient (Wildman–Crippen LogP) is 2.44. The fraction of sp³-hybridized carbons (Fsp3) is 0.462. The molecule has 0 amide bonds. The van der Waals surface area contributed by atoms with Gasteiger partial charge in [-0.05, 0) is 31.9 Å². The molecular weight excluding hydrogens is 214 g/mol. The number of aromatic amines is 1. The van der Waals surface area contributed by atoms with Gasteiger partial charge in [0.05, 0.1) is 18.2 Å². The molecule has 0 saturated heterocycles. The van der Waals surface area contributed by atoms with E-state index in [1.54, 1.807) is 12.5 Å². The van der Waals surface area contributed by atoms with Crippen molar-refractivity contribution in [1.29, 1.82) is 0 Å². The second kappa shape index (κ2) is 4.37. The van der Waals surface area contributed by atoms with Gasteiger partial charge in [-0.15, -0.1) is 0 Å². The first kappa shape index (κ1) is 10.6. The van der Waals surface area contributed by atoms with Crippen molar-refractivity contribution in [2.75, 3.05) is 6.54 Å². The topological polar surface area (TPSA) is 67.8 Å². The van der Waals surface area contributed by atoms with Crippen LogP contribution < -0.4 is 5.73 Å². The molecular formula is C13H17N3O. The monoisotopic (exact) mass is 231 g/mol. The molecule has 1 aliphatic rings. The maximum Gasteiger partial charge on any atom is 0.0997 e. The van der Waals surface area contributed by atoms with Gasteiger partial charge in [0.1, 0.15) is 0 Å². The molecule has 90 valence electrons. The molecule has 2 aromatic heterocycles. The minimum Gasteiger partial charge on any atom is -0.472 e. The van der Waals surface area contributed by atoms with Crippen molar-refractivity contribution in [2.24, 2.45) is 5.73 Å². The molecule has 0 atom stereocenters. The molecule has 4 heteroatoms. The van der Waals surface area contributed by atoms with E-state index in [1.165, 1.54) is 30.5 Å². The summed E-state index contributed by atoms with van der Waals surface area (Å²) in [6.45, 7) is 0.657. The quantitative estimate of drug-likeness (QED) is 0.849. The van der Waals surface area contributed by atoms with Crippen molar-refractivity contribution in [3.8, 4) is 11.3 Å². The summed E-state index contributed by atoms with van der Waals surface area (Å²) in [6.07, 6.45) is 8.16. The molecule has 1 fully saturated rings. The number of H-pyrrole nitrogens is 1. The highest BCUT2D eigenvalue weighted by Gasteiger charge is 2.26. The Hall–Kier alpha value is -1.55. The standard InChI is InChI=1S/C13H17N3O/c14-6-4-11-12(9-2-1-3-9)15-16-13(11)10-5-7-17-8-10/h5,7-9H,1-4,6,14H2,(H,15,16). The molecule has 3 rings (SSSR count). The number of nitrogens with two attached hydrogens (primary N) is 1. The van der Waals surface area contributed by atoms with E-state index in [0.29, 0.717) is 12.5 Å². The van der Waals surface area contributed by atoms with E-state index in [-0.39, 0.29) is 0 Å². The maximum absolute atomic E-state index is 5.71. The molecule has 2 heterocycles. The highest BCUT2D eigenvalue weighted by atomic mass is 16.3. The Labute approximate surface area is 100 Å². The summed E-state index contributed by atoms with van der Waals surface area (Å²) in [4.78, 5) is 0. The Kier molecular flexibility index (Phi) is 2.73. The van der Waals surface area contributed by atoms with Gasteiger partial charge < -0.3 is 10.2 Å². The SMILES string of the molecule is NCCc1c(-c2ccoc2)n[nH]c1C1CCC1. The summed E-state index contributed by atoms with van der Waals surface area (Å²) < 4.78 is 5.13. The minimum absolute atomic E-state index is 0.657. The van der Waals surface area contributed by atoms with Crippen LogP contribution in [0.15, 0.2) is 23.0 Å². The number of hydrogen-bond donors (Lipinski definition) is 2. The molecule has 0 spiro atoms. The number of nitrogens with zero attached hydrogens (tertiary/aromatic N) is 1. The Bertz CT molecular complexity index is 483. The van der Waals surface area contributed by atoms with Gasteiger partial charge in [0, 0.05) is 22.7 Å². The molecule has 4 nitrogen and oxygen atoms in total. The molecule has 0 unspecified atom stereocenters. The van der Waals surface area contributed by atoms with E-state index in [4.69, 9.17) is 10.2 Å². The van der Waals surface area contributed by atoms with Crippen LogP contribution in [0.3, 0.4) is 0 Å². The summed E-state index contributed by atoms with van der Waals surface area (Å²) in [5.41, 5.74) is 10.3. The lowest BCUT2D eigenvalue weighted by atomic mass is 9.80. The lowest BCUT2D eigenvalue weighted by Crippen LogP contribution is -2.13. The van der Waals surface area contributed by atoms with Crippen LogP contribution >= 0.6 is 0 Å². The van der Waals surface area contributed by atoms with Crippen LogP contribution in [0.1, 0.15) is 36.4 Å². The Morgan fingerprint density at radius 1 is 1.47 bits per heavy atom. The van der Waals surface area contributed by atoms with E-state index in [9.17, 15) is 0 Å². The Balaban J connectivity index is 2.00. The van der Waals surface area contributed by atoms with Crippen molar-refractivity contribution in [1.82, 2.24) is 10.2 Å². The molecule has 2 aromatic rings. The third-order valence-electron chi connectivity index (χ3n) is 3.60. The van der Waals surface area contributed by atoms with Crippen LogP contribution in [0, 0.1) is 0 Å². The van der Waals surface area contributed by atoms with Crippen LogP contribution in [0.25, 0.3) is 11.3 Å². The van der Waals surface area contributed by atoms with Gasteiger partial charge in [0.25, 0.3) is 0 Å². The lowest BCUT2D eigenvalue weighted by Gasteiger charge is -2.25. The molecule has 17 heavy (non-hydrogen) atoms. The van der Waals surface area contributed by atoms with Crippen LogP contribution in [-0.4, -0.2) is 16.7 Å². The van der Waals surface area contributed by atoms with E-state index in [1.807, 2.05) is 6.07 Å². The minimum atomic E-state index is 0.657. The van der Waals surface area contributed by atoms with E-state index >= 15 is 0 Å². The average Bonchev–Trinajstić information content (AvgIpc) is 2.86. The number of nitrogens with one attached hydrogen (secondary N) is 1. The van der Waals surface area contributed by atoms with Crippen LogP contribution in [0.5, 0.6) is 0 Å². The van der Waals surface area contributed by atoms with Crippen LogP contribution in [0.2, 0.25) is 0 Å². The zero-order valence-electron chi connectivity index (χ0n) is 9.78. The second-order valence-electron chi connectivity index (χ2n) is 4.64. The highest BCUT2D eigenvalue weighted by Crippen LogP contribution is 2.39. The molecule has 0 radical (unpaired) electrons. The van der Waals surface area contributed by atoms with Gasteiger partial charge in [-0.2, -0.15) is 5.10 Å². The summed E-state index contributed by atoms with van der Waals surface area (Å²) in [7, 11) is 0. The van der Waals surface area contributed by atoms with Gasteiger partial charge in [0.15, 0.2) is 0 Å². The molecule has 1 aliphatic carbocycles. The number of hydrogen-bond acceptors (Lipinski definition) is 3. The smallest absolute Gasteiger partial charge is 0.0997 e. The van der Waals surface area contributed by atoms with Crippen molar-refractivity contribution in [3.05, 3.63) is 29.9 Å². The van der Waals surface area contributed by atoms with Crippen molar-refractivity contribution in [2.45, 2.75) is 31.6 Å². The van der Waals surface area contributed by atoms with Gasteiger partial charge in [-0.3, -0.25) is 5.10 Å². The van der Waals surface area contributed by atoms with Crippen LogP contribution in [-0.2, 0) is 6.42 Å². The third kappa shape index (κ3) is 1.78. The largest absolute Gasteiger partial charge is 0.472 e. The summed E-state index contributed by atoms with van der Waals surface area (Å²) >= 11 is 0.